The number of hydrogen-bond donors (Lipinski definition) is 0. The summed E-state index contributed by atoms with van der Waals surface area (Å²) in [5.41, 5.74) is 5.42. The van der Waals surface area contributed by atoms with Gasteiger partial charge < -0.3 is 0 Å². The Kier molecular flexibility index (Phi) is 5.56. The van der Waals surface area contributed by atoms with Crippen LogP contribution in [-0.2, 0) is 0 Å². The van der Waals surface area contributed by atoms with Crippen molar-refractivity contribution in [3.8, 4) is 0 Å². The fraction of sp³-hybridized carbons (Fsp3) is 0.294. The molecule has 2 rings (SSSR count). The predicted molar refractivity (Wildman–Crippen MR) is 90.5 cm³/mol. The van der Waals surface area contributed by atoms with Crippen LogP contribution in [0, 0.1) is 0 Å². The van der Waals surface area contributed by atoms with Crippen LogP contribution in [0.4, 0.5) is 11.4 Å². The van der Waals surface area contributed by atoms with Crippen LogP contribution < -0.4 is 9.80 Å². The van der Waals surface area contributed by atoms with E-state index in [-0.39, 0.29) is 0 Å². The molecule has 0 spiro atoms. The first-order chi connectivity index (χ1) is 9.49. The first-order valence-electron chi connectivity index (χ1n) is 7.03. The Bertz CT molecular complexity index is 493. The zero-order valence-electron chi connectivity index (χ0n) is 13.1. The SMILES string of the molecule is CN(C)c1ccc([CH]([SrH])c2ccc(N(C)C)cc2)cc1. The Balaban J connectivity index is 2.19. The molecule has 0 bridgehead atoms. The minimum absolute atomic E-state index is 0.545. The molecule has 0 N–H and O–H groups in total. The summed E-state index contributed by atoms with van der Waals surface area (Å²) in [6.45, 7) is 0. The Hall–Kier alpha value is -0.479. The minimum atomic E-state index is 0.545. The van der Waals surface area contributed by atoms with E-state index in [1.165, 1.54) is 22.5 Å². The van der Waals surface area contributed by atoms with Crippen molar-refractivity contribution < 1.29 is 0 Å². The van der Waals surface area contributed by atoms with E-state index in [4.69, 9.17) is 0 Å². The second-order valence-corrected chi connectivity index (χ2v) is 8.53. The molecule has 0 aliphatic heterocycles. The van der Waals surface area contributed by atoms with Crippen LogP contribution in [-0.4, -0.2) is 71.4 Å². The summed E-state index contributed by atoms with van der Waals surface area (Å²) in [5, 5.41) is 0. The average Bonchev–Trinajstić information content (AvgIpc) is 2.46. The van der Waals surface area contributed by atoms with E-state index in [0.717, 1.165) is 0 Å². The van der Waals surface area contributed by atoms with Crippen LogP contribution in [0.1, 0.15) is 12.0 Å². The summed E-state index contributed by atoms with van der Waals surface area (Å²) in [5.74, 6) is 0. The second kappa shape index (κ2) is 6.99. The van der Waals surface area contributed by atoms with Gasteiger partial charge in [0.2, 0.25) is 0 Å². The molecule has 0 radical (unpaired) electrons. The molecule has 0 aliphatic carbocycles. The quantitative estimate of drug-likeness (QED) is 0.789. The summed E-state index contributed by atoms with van der Waals surface area (Å²) in [6, 6.07) is 18.0. The van der Waals surface area contributed by atoms with Crippen LogP contribution in [0.5, 0.6) is 0 Å². The Morgan fingerprint density at radius 3 is 1.20 bits per heavy atom. The summed E-state index contributed by atoms with van der Waals surface area (Å²) >= 11 is 0.545. The van der Waals surface area contributed by atoms with Crippen molar-refractivity contribution in [1.82, 2.24) is 0 Å². The van der Waals surface area contributed by atoms with Gasteiger partial charge in [0.15, 0.2) is 0 Å². The van der Waals surface area contributed by atoms with Gasteiger partial charge in [0.05, 0.1) is 0 Å². The molecule has 0 aromatic heterocycles. The molecule has 2 aromatic carbocycles. The maximum absolute atomic E-state index is 2.27. The molecule has 3 heteroatoms. The predicted octanol–water partition coefficient (Wildman–Crippen LogP) is 2.81. The van der Waals surface area contributed by atoms with Crippen LogP contribution in [0.2, 0.25) is 0 Å². The molecule has 2 nitrogen and oxygen atoms in total. The van der Waals surface area contributed by atoms with E-state index in [1.807, 2.05) is 0 Å². The molecule has 0 saturated carbocycles. The summed E-state index contributed by atoms with van der Waals surface area (Å²) in [6.07, 6.45) is 0. The number of benzene rings is 2. The normalized spacial score (nSPS) is 10.6. The average molecular weight is 342 g/mol. The summed E-state index contributed by atoms with van der Waals surface area (Å²) in [7, 11) is 8.32. The van der Waals surface area contributed by atoms with Gasteiger partial charge in [-0.3, -0.25) is 0 Å². The molecule has 20 heavy (non-hydrogen) atoms. The van der Waals surface area contributed by atoms with E-state index in [2.05, 4.69) is 86.5 Å². The molecule has 102 valence electrons. The topological polar surface area (TPSA) is 6.48 Å². The van der Waals surface area contributed by atoms with Crippen LogP contribution in [0.25, 0.3) is 0 Å². The maximum atomic E-state index is 2.27. The van der Waals surface area contributed by atoms with Gasteiger partial charge in [-0.05, 0) is 0 Å². The standard InChI is InChI=1S/C17H21N2.Sr.H/c1-18(2)16-9-5-14(6-10-16)13-15-7-11-17(12-8-15)19(3)4;;/h5-13H,1-4H3;;. The Morgan fingerprint density at radius 1 is 0.650 bits per heavy atom. The Labute approximate surface area is 151 Å². The first-order valence-corrected chi connectivity index (χ1v) is 9.87. The van der Waals surface area contributed by atoms with E-state index < -0.39 is 0 Å². The van der Waals surface area contributed by atoms with Gasteiger partial charge in [0.25, 0.3) is 0 Å². The molecule has 0 amide bonds. The van der Waals surface area contributed by atoms with Crippen LogP contribution in [0.3, 0.4) is 0 Å². The number of hydrogen-bond acceptors (Lipinski definition) is 2. The molecule has 0 aliphatic rings. The van der Waals surface area contributed by atoms with E-state index in [0.29, 0.717) is 44.1 Å². The molecule has 2 aromatic rings. The van der Waals surface area contributed by atoms with Gasteiger partial charge in [0.1, 0.15) is 0 Å². The number of nitrogens with zero attached hydrogens (tertiary/aromatic N) is 2. The zero-order chi connectivity index (χ0) is 14.7. The molecular weight excluding hydrogens is 320 g/mol. The van der Waals surface area contributed by atoms with E-state index in [9.17, 15) is 0 Å². The van der Waals surface area contributed by atoms with Crippen LogP contribution in [0.15, 0.2) is 48.5 Å². The van der Waals surface area contributed by atoms with Crippen molar-refractivity contribution in [2.45, 2.75) is 0.889 Å². The van der Waals surface area contributed by atoms with Gasteiger partial charge >= 0.3 is 153 Å². The molecule has 0 unspecified atom stereocenters. The molecule has 0 saturated heterocycles. The summed E-state index contributed by atoms with van der Waals surface area (Å²) in [4.78, 5) is 4.28. The monoisotopic (exact) mass is 342 g/mol. The number of anilines is 2. The van der Waals surface area contributed by atoms with Gasteiger partial charge in [-0.2, -0.15) is 0 Å². The molecule has 0 heterocycles. The summed E-state index contributed by atoms with van der Waals surface area (Å²) < 4.78 is 0.629. The second-order valence-electron chi connectivity index (χ2n) is 5.69. The van der Waals surface area contributed by atoms with Crippen molar-refractivity contribution >= 4 is 54.6 Å². The van der Waals surface area contributed by atoms with Gasteiger partial charge in [0, 0.05) is 0 Å². The molecule has 0 atom stereocenters. The third-order valence-corrected chi connectivity index (χ3v) is 7.10. The van der Waals surface area contributed by atoms with Crippen molar-refractivity contribution in [2.24, 2.45) is 0 Å². The third-order valence-electron chi connectivity index (χ3n) is 3.82. The van der Waals surface area contributed by atoms with Crippen molar-refractivity contribution in [3.63, 3.8) is 0 Å². The van der Waals surface area contributed by atoms with Crippen molar-refractivity contribution in [2.75, 3.05) is 38.0 Å². The van der Waals surface area contributed by atoms with Gasteiger partial charge in [-0.25, -0.2) is 0 Å². The first kappa shape index (κ1) is 15.9. The Morgan fingerprint density at radius 2 is 0.950 bits per heavy atom. The van der Waals surface area contributed by atoms with Gasteiger partial charge in [-0.15, -0.1) is 0 Å². The van der Waals surface area contributed by atoms with Gasteiger partial charge in [-0.1, -0.05) is 0 Å². The number of rotatable bonds is 4. The van der Waals surface area contributed by atoms with Crippen molar-refractivity contribution in [1.29, 1.82) is 0 Å². The zero-order valence-corrected chi connectivity index (χ0v) is 18.0. The van der Waals surface area contributed by atoms with Crippen molar-refractivity contribution in [3.05, 3.63) is 59.7 Å². The molecule has 0 fully saturated rings. The fourth-order valence-electron chi connectivity index (χ4n) is 2.31. The fourth-order valence-corrected chi connectivity index (χ4v) is 4.21. The third kappa shape index (κ3) is 3.79. The van der Waals surface area contributed by atoms with Crippen LogP contribution >= 0.6 is 0 Å². The van der Waals surface area contributed by atoms with E-state index in [1.54, 1.807) is 0 Å². The van der Waals surface area contributed by atoms with E-state index >= 15 is 0 Å². The molecular formula is C17H22N2Sr.